The molecule has 7 nitrogen and oxygen atoms in total. The number of hydrogen-bond donors (Lipinski definition) is 0. The average Bonchev–Trinajstić information content (AvgIpc) is 3.37. The van der Waals surface area contributed by atoms with Crippen molar-refractivity contribution in [3.05, 3.63) is 53.2 Å². The molecule has 4 rings (SSSR count). The molecule has 3 heterocycles. The highest BCUT2D eigenvalue weighted by atomic mass is 32.2. The van der Waals surface area contributed by atoms with Gasteiger partial charge in [0, 0.05) is 5.56 Å². The first-order valence-electron chi connectivity index (χ1n) is 9.33. The van der Waals surface area contributed by atoms with Crippen molar-refractivity contribution >= 4 is 21.2 Å². The number of rotatable bonds is 5. The van der Waals surface area contributed by atoms with E-state index < -0.39 is 15.1 Å². The molecule has 0 aliphatic heterocycles. The molecule has 0 radical (unpaired) electrons. The number of nitrogens with zero attached hydrogens (tertiary/aromatic N) is 4. The Bertz CT molecular complexity index is 1310. The second kappa shape index (κ2) is 7.73. The van der Waals surface area contributed by atoms with Gasteiger partial charge in [0.2, 0.25) is 0 Å². The van der Waals surface area contributed by atoms with E-state index in [0.717, 1.165) is 16.0 Å². The van der Waals surface area contributed by atoms with Crippen molar-refractivity contribution in [2.45, 2.75) is 37.8 Å². The van der Waals surface area contributed by atoms with E-state index in [1.165, 1.54) is 11.3 Å². The summed E-state index contributed by atoms with van der Waals surface area (Å²) in [6.45, 7) is 7.14. The molecule has 1 aromatic carbocycles. The number of sulfone groups is 1. The molecule has 154 valence electrons. The minimum Gasteiger partial charge on any atom is -0.414 e. The van der Waals surface area contributed by atoms with E-state index in [4.69, 9.17) is 4.42 Å². The van der Waals surface area contributed by atoms with E-state index in [1.54, 1.807) is 44.3 Å². The van der Waals surface area contributed by atoms with Gasteiger partial charge >= 0.3 is 0 Å². The maximum atomic E-state index is 12.3. The van der Waals surface area contributed by atoms with E-state index in [0.29, 0.717) is 28.9 Å². The molecule has 0 amide bonds. The van der Waals surface area contributed by atoms with Gasteiger partial charge < -0.3 is 4.42 Å². The highest BCUT2D eigenvalue weighted by molar-refractivity contribution is 7.92. The highest BCUT2D eigenvalue weighted by Crippen LogP contribution is 2.31. The Morgan fingerprint density at radius 1 is 1.00 bits per heavy atom. The Hall–Kier alpha value is -2.91. The van der Waals surface area contributed by atoms with Gasteiger partial charge in [0.1, 0.15) is 5.69 Å². The number of thiophene rings is 1. The molecule has 4 aromatic rings. The first-order chi connectivity index (χ1) is 14.3. The van der Waals surface area contributed by atoms with Gasteiger partial charge in [0.05, 0.1) is 32.6 Å². The predicted molar refractivity (Wildman–Crippen MR) is 116 cm³/mol. The Morgan fingerprint density at radius 3 is 2.33 bits per heavy atom. The van der Waals surface area contributed by atoms with Crippen LogP contribution in [0.5, 0.6) is 0 Å². The van der Waals surface area contributed by atoms with Crippen LogP contribution in [0.15, 0.2) is 51.2 Å². The Labute approximate surface area is 178 Å². The lowest BCUT2D eigenvalue weighted by atomic mass is 10.1. The van der Waals surface area contributed by atoms with Crippen molar-refractivity contribution in [3.8, 4) is 33.6 Å². The largest absolute Gasteiger partial charge is 0.414 e. The molecular weight excluding hydrogens is 420 g/mol. The van der Waals surface area contributed by atoms with Crippen molar-refractivity contribution in [2.75, 3.05) is 0 Å². The van der Waals surface area contributed by atoms with Crippen LogP contribution in [0, 0.1) is 13.8 Å². The average molecular weight is 441 g/mol. The molecule has 0 spiro atoms. The topological polar surface area (TPSA) is 98.8 Å². The minimum atomic E-state index is -3.32. The molecule has 0 saturated heterocycles. The van der Waals surface area contributed by atoms with Gasteiger partial charge in [-0.2, -0.15) is 0 Å². The van der Waals surface area contributed by atoms with E-state index >= 15 is 0 Å². The van der Waals surface area contributed by atoms with E-state index in [1.807, 2.05) is 25.3 Å². The molecule has 0 aliphatic rings. The Balaban J connectivity index is 1.69. The van der Waals surface area contributed by atoms with Crippen LogP contribution in [0.3, 0.4) is 0 Å². The minimum absolute atomic E-state index is 0.286. The third-order valence-corrected chi connectivity index (χ3v) is 7.91. The fourth-order valence-corrected chi connectivity index (χ4v) is 4.79. The van der Waals surface area contributed by atoms with Crippen molar-refractivity contribution in [1.82, 2.24) is 20.2 Å². The van der Waals surface area contributed by atoms with Gasteiger partial charge in [-0.15, -0.1) is 21.5 Å². The van der Waals surface area contributed by atoms with Crippen molar-refractivity contribution < 1.29 is 12.8 Å². The lowest BCUT2D eigenvalue weighted by Gasteiger charge is -2.09. The number of hydrogen-bond acceptors (Lipinski definition) is 8. The standard InChI is InChI=1S/C21H20N4O3S2/c1-12(2)30(26,27)16-7-5-15(6-8-16)17-11-22-14(4)18(23-17)20-24-25-21(28-20)19-13(3)9-10-29-19/h5-12H,1-4H3. The summed E-state index contributed by atoms with van der Waals surface area (Å²) >= 11 is 1.54. The third kappa shape index (κ3) is 3.66. The second-order valence-electron chi connectivity index (χ2n) is 7.15. The zero-order valence-corrected chi connectivity index (χ0v) is 18.6. The number of benzene rings is 1. The zero-order valence-electron chi connectivity index (χ0n) is 16.9. The maximum Gasteiger partial charge on any atom is 0.268 e. The number of aromatic nitrogens is 4. The van der Waals surface area contributed by atoms with Gasteiger partial charge in [0.25, 0.3) is 11.8 Å². The molecule has 9 heteroatoms. The molecule has 0 bridgehead atoms. The summed E-state index contributed by atoms with van der Waals surface area (Å²) in [6, 6.07) is 8.64. The first-order valence-corrected chi connectivity index (χ1v) is 11.8. The summed E-state index contributed by atoms with van der Waals surface area (Å²) in [4.78, 5) is 10.3. The van der Waals surface area contributed by atoms with Crippen LogP contribution < -0.4 is 0 Å². The molecule has 0 N–H and O–H groups in total. The van der Waals surface area contributed by atoms with Crippen LogP contribution in [-0.4, -0.2) is 33.8 Å². The van der Waals surface area contributed by atoms with Gasteiger partial charge in [0.15, 0.2) is 9.84 Å². The van der Waals surface area contributed by atoms with Crippen LogP contribution in [0.4, 0.5) is 0 Å². The first kappa shape index (κ1) is 20.4. The fraction of sp³-hybridized carbons (Fsp3) is 0.238. The van der Waals surface area contributed by atoms with Crippen LogP contribution in [0.2, 0.25) is 0 Å². The quantitative estimate of drug-likeness (QED) is 0.443. The summed E-state index contributed by atoms with van der Waals surface area (Å²) in [5.41, 5.74) is 3.58. The van der Waals surface area contributed by atoms with Crippen LogP contribution in [0.25, 0.3) is 33.6 Å². The third-order valence-electron chi connectivity index (χ3n) is 4.74. The molecule has 0 unspecified atom stereocenters. The van der Waals surface area contributed by atoms with Crippen molar-refractivity contribution in [1.29, 1.82) is 0 Å². The van der Waals surface area contributed by atoms with Gasteiger partial charge in [-0.05, 0) is 56.8 Å². The smallest absolute Gasteiger partial charge is 0.268 e. The molecule has 30 heavy (non-hydrogen) atoms. The van der Waals surface area contributed by atoms with Gasteiger partial charge in [-0.3, -0.25) is 4.98 Å². The molecule has 3 aromatic heterocycles. The lowest BCUT2D eigenvalue weighted by molar-refractivity contribution is 0.582. The maximum absolute atomic E-state index is 12.3. The van der Waals surface area contributed by atoms with Crippen LogP contribution in [0.1, 0.15) is 25.1 Å². The molecular formula is C21H20N4O3S2. The predicted octanol–water partition coefficient (Wildman–Crippen LogP) is 4.72. The van der Waals surface area contributed by atoms with Crippen LogP contribution >= 0.6 is 11.3 Å². The molecule has 0 saturated carbocycles. The summed E-state index contributed by atoms with van der Waals surface area (Å²) < 4.78 is 30.5. The lowest BCUT2D eigenvalue weighted by Crippen LogP contribution is -2.13. The highest BCUT2D eigenvalue weighted by Gasteiger charge is 2.20. The van der Waals surface area contributed by atoms with E-state index in [9.17, 15) is 8.42 Å². The number of aryl methyl sites for hydroxylation is 2. The van der Waals surface area contributed by atoms with Gasteiger partial charge in [-0.25, -0.2) is 13.4 Å². The Kier molecular flexibility index (Phi) is 5.25. The monoisotopic (exact) mass is 440 g/mol. The van der Waals surface area contributed by atoms with Crippen LogP contribution in [-0.2, 0) is 9.84 Å². The summed E-state index contributed by atoms with van der Waals surface area (Å²) in [5, 5.41) is 9.80. The molecule has 0 atom stereocenters. The summed E-state index contributed by atoms with van der Waals surface area (Å²) in [5.74, 6) is 0.746. The summed E-state index contributed by atoms with van der Waals surface area (Å²) in [7, 11) is -3.32. The molecule has 0 aliphatic carbocycles. The van der Waals surface area contributed by atoms with E-state index in [-0.39, 0.29) is 4.90 Å². The van der Waals surface area contributed by atoms with Gasteiger partial charge in [-0.1, -0.05) is 12.1 Å². The fourth-order valence-electron chi connectivity index (χ4n) is 2.88. The normalized spacial score (nSPS) is 11.9. The van der Waals surface area contributed by atoms with Crippen molar-refractivity contribution in [2.24, 2.45) is 0 Å². The van der Waals surface area contributed by atoms with Crippen molar-refractivity contribution in [3.63, 3.8) is 0 Å². The van der Waals surface area contributed by atoms with E-state index in [2.05, 4.69) is 20.2 Å². The second-order valence-corrected chi connectivity index (χ2v) is 10.6. The zero-order chi connectivity index (χ0) is 21.5. The molecule has 0 fully saturated rings. The summed E-state index contributed by atoms with van der Waals surface area (Å²) in [6.07, 6.45) is 1.64. The SMILES string of the molecule is Cc1ccsc1-c1nnc(-c2nc(-c3ccc(S(=O)(=O)C(C)C)cc3)cnc2C)o1. The Morgan fingerprint density at radius 2 is 1.70 bits per heavy atom.